The predicted molar refractivity (Wildman–Crippen MR) is 125 cm³/mol. The van der Waals surface area contributed by atoms with E-state index < -0.39 is 5.91 Å². The Morgan fingerprint density at radius 2 is 1.67 bits per heavy atom. The standard InChI is InChI=1S/C23H20ClN3O2S/c1-2-27(18-11-4-3-5-12-18)22(29)16-9-8-10-17(15-16)25-23(30)26-21(28)19-13-6-7-14-20(19)24/h3-15H,2H2,1H3,(H2,25,26,28,30). The summed E-state index contributed by atoms with van der Waals surface area (Å²) in [4.78, 5) is 27.0. The van der Waals surface area contributed by atoms with Crippen LogP contribution in [0.1, 0.15) is 27.6 Å². The van der Waals surface area contributed by atoms with Gasteiger partial charge in [0.15, 0.2) is 5.11 Å². The minimum absolute atomic E-state index is 0.111. The van der Waals surface area contributed by atoms with Crippen molar-refractivity contribution in [3.63, 3.8) is 0 Å². The molecule has 2 N–H and O–H groups in total. The van der Waals surface area contributed by atoms with Gasteiger partial charge in [0.05, 0.1) is 10.6 Å². The molecular weight excluding hydrogens is 418 g/mol. The number of hydrogen-bond acceptors (Lipinski definition) is 3. The van der Waals surface area contributed by atoms with Crippen molar-refractivity contribution >= 4 is 52.1 Å². The van der Waals surface area contributed by atoms with Gasteiger partial charge in [0.25, 0.3) is 11.8 Å². The zero-order valence-electron chi connectivity index (χ0n) is 16.3. The van der Waals surface area contributed by atoms with Crippen molar-refractivity contribution < 1.29 is 9.59 Å². The lowest BCUT2D eigenvalue weighted by Crippen LogP contribution is -2.34. The van der Waals surface area contributed by atoms with Gasteiger partial charge in [-0.15, -0.1) is 0 Å². The van der Waals surface area contributed by atoms with Crippen LogP contribution in [0.15, 0.2) is 78.9 Å². The van der Waals surface area contributed by atoms with Crippen molar-refractivity contribution in [2.24, 2.45) is 0 Å². The summed E-state index contributed by atoms with van der Waals surface area (Å²) in [6.45, 7) is 2.46. The second-order valence-electron chi connectivity index (χ2n) is 6.35. The molecule has 30 heavy (non-hydrogen) atoms. The highest BCUT2D eigenvalue weighted by atomic mass is 35.5. The van der Waals surface area contributed by atoms with Crippen molar-refractivity contribution in [2.45, 2.75) is 6.92 Å². The Labute approximate surface area is 185 Å². The Morgan fingerprint density at radius 1 is 0.967 bits per heavy atom. The molecule has 0 saturated carbocycles. The van der Waals surface area contributed by atoms with Crippen LogP contribution in [0.5, 0.6) is 0 Å². The highest BCUT2D eigenvalue weighted by Gasteiger charge is 2.17. The van der Waals surface area contributed by atoms with Crippen LogP contribution in [0, 0.1) is 0 Å². The lowest BCUT2D eigenvalue weighted by molar-refractivity contribution is 0.0973. The average molecular weight is 438 g/mol. The summed E-state index contributed by atoms with van der Waals surface area (Å²) in [7, 11) is 0. The van der Waals surface area contributed by atoms with Gasteiger partial charge in [-0.3, -0.25) is 14.9 Å². The van der Waals surface area contributed by atoms with E-state index in [0.29, 0.717) is 28.4 Å². The van der Waals surface area contributed by atoms with Gasteiger partial charge in [0.2, 0.25) is 0 Å². The Morgan fingerprint density at radius 3 is 2.37 bits per heavy atom. The number of nitrogens with zero attached hydrogens (tertiary/aromatic N) is 1. The maximum Gasteiger partial charge on any atom is 0.258 e. The predicted octanol–water partition coefficient (Wildman–Crippen LogP) is 5.13. The van der Waals surface area contributed by atoms with E-state index in [1.165, 1.54) is 0 Å². The van der Waals surface area contributed by atoms with E-state index in [-0.39, 0.29) is 11.0 Å². The third-order valence-electron chi connectivity index (χ3n) is 4.34. The van der Waals surface area contributed by atoms with Crippen molar-refractivity contribution in [2.75, 3.05) is 16.8 Å². The first-order chi connectivity index (χ1) is 14.5. The first kappa shape index (κ1) is 21.5. The van der Waals surface area contributed by atoms with Crippen LogP contribution in [-0.2, 0) is 0 Å². The van der Waals surface area contributed by atoms with Crippen LogP contribution < -0.4 is 15.5 Å². The van der Waals surface area contributed by atoms with Gasteiger partial charge in [-0.1, -0.05) is 48.0 Å². The molecule has 0 aliphatic heterocycles. The maximum atomic E-state index is 13.0. The van der Waals surface area contributed by atoms with Crippen molar-refractivity contribution in [1.82, 2.24) is 5.32 Å². The van der Waals surface area contributed by atoms with Crippen molar-refractivity contribution in [3.8, 4) is 0 Å². The molecule has 0 heterocycles. The van der Waals surface area contributed by atoms with E-state index >= 15 is 0 Å². The van der Waals surface area contributed by atoms with Crippen LogP contribution in [0.2, 0.25) is 5.02 Å². The average Bonchev–Trinajstić information content (AvgIpc) is 2.75. The molecule has 0 radical (unpaired) electrons. The summed E-state index contributed by atoms with van der Waals surface area (Å²) >= 11 is 11.3. The van der Waals surface area contributed by atoms with Crippen LogP contribution >= 0.6 is 23.8 Å². The number of hydrogen-bond donors (Lipinski definition) is 2. The number of carbonyl (C=O) groups is 2. The van der Waals surface area contributed by atoms with Gasteiger partial charge < -0.3 is 10.2 Å². The Bertz CT molecular complexity index is 1070. The van der Waals surface area contributed by atoms with Crippen LogP contribution in [-0.4, -0.2) is 23.5 Å². The van der Waals surface area contributed by atoms with Crippen LogP contribution in [0.3, 0.4) is 0 Å². The quantitative estimate of drug-likeness (QED) is 0.543. The lowest BCUT2D eigenvalue weighted by atomic mass is 10.1. The van der Waals surface area contributed by atoms with Gasteiger partial charge in [-0.05, 0) is 61.6 Å². The molecule has 5 nitrogen and oxygen atoms in total. The number of carbonyl (C=O) groups excluding carboxylic acids is 2. The van der Waals surface area contributed by atoms with E-state index in [0.717, 1.165) is 5.69 Å². The molecule has 0 aliphatic rings. The fraction of sp³-hybridized carbons (Fsp3) is 0.0870. The molecule has 0 atom stereocenters. The zero-order chi connectivity index (χ0) is 21.5. The summed E-state index contributed by atoms with van der Waals surface area (Å²) in [5.74, 6) is -0.537. The largest absolute Gasteiger partial charge is 0.332 e. The molecule has 152 valence electrons. The molecular formula is C23H20ClN3O2S. The number of rotatable bonds is 5. The van der Waals surface area contributed by atoms with Gasteiger partial charge in [0, 0.05) is 23.5 Å². The second-order valence-corrected chi connectivity index (χ2v) is 7.17. The molecule has 2 amide bonds. The Balaban J connectivity index is 1.70. The fourth-order valence-electron chi connectivity index (χ4n) is 2.92. The topological polar surface area (TPSA) is 61.4 Å². The summed E-state index contributed by atoms with van der Waals surface area (Å²) in [5, 5.41) is 5.99. The van der Waals surface area contributed by atoms with E-state index in [1.54, 1.807) is 53.4 Å². The van der Waals surface area contributed by atoms with E-state index in [9.17, 15) is 9.59 Å². The summed E-state index contributed by atoms with van der Waals surface area (Å²) in [6, 6.07) is 23.1. The van der Waals surface area contributed by atoms with Crippen molar-refractivity contribution in [1.29, 1.82) is 0 Å². The fourth-order valence-corrected chi connectivity index (χ4v) is 3.35. The number of benzene rings is 3. The summed E-state index contributed by atoms with van der Waals surface area (Å²) < 4.78 is 0. The molecule has 7 heteroatoms. The minimum Gasteiger partial charge on any atom is -0.332 e. The van der Waals surface area contributed by atoms with Gasteiger partial charge in [0.1, 0.15) is 0 Å². The third kappa shape index (κ3) is 5.23. The lowest BCUT2D eigenvalue weighted by Gasteiger charge is -2.21. The van der Waals surface area contributed by atoms with E-state index in [2.05, 4.69) is 10.6 Å². The zero-order valence-corrected chi connectivity index (χ0v) is 17.8. The Kier molecular flexibility index (Phi) is 7.17. The highest BCUT2D eigenvalue weighted by molar-refractivity contribution is 7.80. The van der Waals surface area contributed by atoms with E-state index in [4.69, 9.17) is 23.8 Å². The summed E-state index contributed by atoms with van der Waals surface area (Å²) in [5.41, 5.74) is 2.25. The molecule has 3 aromatic rings. The second kappa shape index (κ2) is 10.0. The number of para-hydroxylation sites is 1. The molecule has 0 saturated heterocycles. The first-order valence-corrected chi connectivity index (χ1v) is 10.1. The van der Waals surface area contributed by atoms with Gasteiger partial charge >= 0.3 is 0 Å². The van der Waals surface area contributed by atoms with Crippen LogP contribution in [0.4, 0.5) is 11.4 Å². The van der Waals surface area contributed by atoms with Gasteiger partial charge in [-0.25, -0.2) is 0 Å². The first-order valence-electron chi connectivity index (χ1n) is 9.33. The molecule has 0 unspecified atom stereocenters. The number of nitrogens with one attached hydrogen (secondary N) is 2. The third-order valence-corrected chi connectivity index (χ3v) is 4.88. The van der Waals surface area contributed by atoms with Gasteiger partial charge in [-0.2, -0.15) is 0 Å². The SMILES string of the molecule is CCN(C(=O)c1cccc(NC(=S)NC(=O)c2ccccc2Cl)c1)c1ccccc1. The number of halogens is 1. The molecule has 0 aromatic heterocycles. The summed E-state index contributed by atoms with van der Waals surface area (Å²) in [6.07, 6.45) is 0. The smallest absolute Gasteiger partial charge is 0.258 e. The minimum atomic E-state index is -0.411. The molecule has 0 aliphatic carbocycles. The number of thiocarbonyl (C=S) groups is 1. The number of anilines is 2. The normalized spacial score (nSPS) is 10.2. The highest BCUT2D eigenvalue weighted by Crippen LogP contribution is 2.19. The monoisotopic (exact) mass is 437 g/mol. The Hall–Kier alpha value is -3.22. The molecule has 3 rings (SSSR count). The molecule has 0 spiro atoms. The maximum absolute atomic E-state index is 13.0. The van der Waals surface area contributed by atoms with Crippen molar-refractivity contribution in [3.05, 3.63) is 95.0 Å². The molecule has 3 aromatic carbocycles. The van der Waals surface area contributed by atoms with E-state index in [1.807, 2.05) is 37.3 Å². The molecule has 0 bridgehead atoms. The van der Waals surface area contributed by atoms with Crippen LogP contribution in [0.25, 0.3) is 0 Å². The molecule has 0 fully saturated rings. The number of amides is 2.